The molecule has 0 saturated heterocycles. The molecule has 2 heterocycles. The molecule has 0 atom stereocenters. The minimum absolute atomic E-state index is 0.541. The molecular formula is C7H10N6. The number of aromatic amines is 2. The van der Waals surface area contributed by atoms with E-state index in [1.807, 2.05) is 6.07 Å². The Morgan fingerprint density at radius 3 is 2.92 bits per heavy atom. The van der Waals surface area contributed by atoms with Crippen LogP contribution in [0.2, 0.25) is 0 Å². The third-order valence-electron chi connectivity index (χ3n) is 1.70. The van der Waals surface area contributed by atoms with Gasteiger partial charge < -0.3 is 11.1 Å². The standard InChI is InChI=1S/C7H10N6/c8-7-6(4-11-13-7)9-3-5-1-2-10-12-5/h1-2,4,9H,3H2,(H,10,12)(H3,8,11,13). The van der Waals surface area contributed by atoms with Gasteiger partial charge in [-0.25, -0.2) is 0 Å². The van der Waals surface area contributed by atoms with E-state index in [1.165, 1.54) is 0 Å². The first-order chi connectivity index (χ1) is 6.36. The van der Waals surface area contributed by atoms with Gasteiger partial charge in [-0.2, -0.15) is 10.2 Å². The summed E-state index contributed by atoms with van der Waals surface area (Å²) in [5, 5.41) is 16.2. The number of aromatic nitrogens is 4. The maximum absolute atomic E-state index is 5.57. The van der Waals surface area contributed by atoms with Gasteiger partial charge in [0.15, 0.2) is 0 Å². The molecule has 0 aromatic carbocycles. The summed E-state index contributed by atoms with van der Waals surface area (Å²) in [6, 6.07) is 1.89. The SMILES string of the molecule is Nc1[nH]ncc1NCc1ccn[nH]1. The van der Waals surface area contributed by atoms with E-state index in [0.29, 0.717) is 12.4 Å². The lowest BCUT2D eigenvalue weighted by atomic mass is 10.4. The molecule has 6 nitrogen and oxygen atoms in total. The molecule has 0 radical (unpaired) electrons. The van der Waals surface area contributed by atoms with E-state index in [0.717, 1.165) is 11.4 Å². The second-order valence-electron chi connectivity index (χ2n) is 2.63. The summed E-state index contributed by atoms with van der Waals surface area (Å²) >= 11 is 0. The highest BCUT2D eigenvalue weighted by Crippen LogP contribution is 2.13. The predicted molar refractivity (Wildman–Crippen MR) is 48.9 cm³/mol. The van der Waals surface area contributed by atoms with Crippen molar-refractivity contribution in [3.63, 3.8) is 0 Å². The zero-order valence-electron chi connectivity index (χ0n) is 6.91. The quantitative estimate of drug-likeness (QED) is 0.544. The molecule has 13 heavy (non-hydrogen) atoms. The van der Waals surface area contributed by atoms with Crippen LogP contribution < -0.4 is 11.1 Å². The van der Waals surface area contributed by atoms with E-state index in [1.54, 1.807) is 12.4 Å². The minimum atomic E-state index is 0.541. The Hall–Kier alpha value is -1.98. The lowest BCUT2D eigenvalue weighted by Crippen LogP contribution is -2.01. The van der Waals surface area contributed by atoms with Crippen LogP contribution >= 0.6 is 0 Å². The Morgan fingerprint density at radius 2 is 2.31 bits per heavy atom. The van der Waals surface area contributed by atoms with Crippen LogP contribution in [0.5, 0.6) is 0 Å². The number of anilines is 2. The molecule has 0 aliphatic rings. The van der Waals surface area contributed by atoms with Gasteiger partial charge in [-0.3, -0.25) is 10.2 Å². The number of rotatable bonds is 3. The number of H-pyrrole nitrogens is 2. The molecule has 68 valence electrons. The topological polar surface area (TPSA) is 95.4 Å². The second kappa shape index (κ2) is 3.18. The zero-order chi connectivity index (χ0) is 9.10. The highest BCUT2D eigenvalue weighted by molar-refractivity contribution is 5.59. The fourth-order valence-corrected chi connectivity index (χ4v) is 1.01. The normalized spacial score (nSPS) is 10.2. The van der Waals surface area contributed by atoms with E-state index in [9.17, 15) is 0 Å². The summed E-state index contributed by atoms with van der Waals surface area (Å²) in [5.74, 6) is 0.541. The number of nitrogens with one attached hydrogen (secondary N) is 3. The van der Waals surface area contributed by atoms with Crippen molar-refractivity contribution in [2.24, 2.45) is 0 Å². The summed E-state index contributed by atoms with van der Waals surface area (Å²) in [4.78, 5) is 0. The van der Waals surface area contributed by atoms with Crippen molar-refractivity contribution in [1.82, 2.24) is 20.4 Å². The van der Waals surface area contributed by atoms with Gasteiger partial charge >= 0.3 is 0 Å². The second-order valence-corrected chi connectivity index (χ2v) is 2.63. The molecule has 2 aromatic rings. The predicted octanol–water partition coefficient (Wildman–Crippen LogP) is 0.327. The number of nitrogens with two attached hydrogens (primary N) is 1. The van der Waals surface area contributed by atoms with Crippen molar-refractivity contribution in [3.8, 4) is 0 Å². The van der Waals surface area contributed by atoms with E-state index in [2.05, 4.69) is 25.7 Å². The van der Waals surface area contributed by atoms with Crippen molar-refractivity contribution in [2.75, 3.05) is 11.1 Å². The monoisotopic (exact) mass is 178 g/mol. The first-order valence-corrected chi connectivity index (χ1v) is 3.87. The van der Waals surface area contributed by atoms with Gasteiger partial charge in [-0.15, -0.1) is 0 Å². The Bertz CT molecular complexity index is 362. The third-order valence-corrected chi connectivity index (χ3v) is 1.70. The highest BCUT2D eigenvalue weighted by Gasteiger charge is 1.99. The van der Waals surface area contributed by atoms with Crippen LogP contribution in [0.3, 0.4) is 0 Å². The van der Waals surface area contributed by atoms with Crippen LogP contribution in [0, 0.1) is 0 Å². The number of nitrogen functional groups attached to an aromatic ring is 1. The molecule has 0 amide bonds. The van der Waals surface area contributed by atoms with Crippen molar-refractivity contribution in [3.05, 3.63) is 24.2 Å². The molecule has 0 aliphatic carbocycles. The molecule has 5 N–H and O–H groups in total. The van der Waals surface area contributed by atoms with Crippen molar-refractivity contribution < 1.29 is 0 Å². The third kappa shape index (κ3) is 1.61. The molecule has 6 heteroatoms. The van der Waals surface area contributed by atoms with E-state index in [4.69, 9.17) is 5.73 Å². The summed E-state index contributed by atoms with van der Waals surface area (Å²) in [7, 11) is 0. The van der Waals surface area contributed by atoms with Crippen LogP contribution in [-0.2, 0) is 6.54 Å². The van der Waals surface area contributed by atoms with Gasteiger partial charge in [0.2, 0.25) is 0 Å². The molecule has 2 aromatic heterocycles. The molecule has 0 saturated carbocycles. The molecule has 0 unspecified atom stereocenters. The summed E-state index contributed by atoms with van der Waals surface area (Å²) in [6.45, 7) is 0.656. The number of hydrogen-bond acceptors (Lipinski definition) is 4. The molecule has 0 aliphatic heterocycles. The Morgan fingerprint density at radius 1 is 1.38 bits per heavy atom. The van der Waals surface area contributed by atoms with Crippen LogP contribution in [0.25, 0.3) is 0 Å². The first-order valence-electron chi connectivity index (χ1n) is 3.87. The van der Waals surface area contributed by atoms with Gasteiger partial charge in [-0.05, 0) is 6.07 Å². The fourth-order valence-electron chi connectivity index (χ4n) is 1.01. The van der Waals surface area contributed by atoms with E-state index >= 15 is 0 Å². The Labute approximate surface area is 74.5 Å². The van der Waals surface area contributed by atoms with Gasteiger partial charge in [-0.1, -0.05) is 0 Å². The number of hydrogen-bond donors (Lipinski definition) is 4. The van der Waals surface area contributed by atoms with Gasteiger partial charge in [0.1, 0.15) is 5.82 Å². The maximum Gasteiger partial charge on any atom is 0.142 e. The summed E-state index contributed by atoms with van der Waals surface area (Å²) in [6.07, 6.45) is 3.35. The van der Waals surface area contributed by atoms with Gasteiger partial charge in [0, 0.05) is 6.20 Å². The number of nitrogens with zero attached hydrogens (tertiary/aromatic N) is 2. The molecule has 2 rings (SSSR count). The van der Waals surface area contributed by atoms with Crippen molar-refractivity contribution in [2.45, 2.75) is 6.54 Å². The first kappa shape index (κ1) is 7.66. The van der Waals surface area contributed by atoms with Crippen molar-refractivity contribution >= 4 is 11.5 Å². The molecule has 0 bridgehead atoms. The van der Waals surface area contributed by atoms with Crippen LogP contribution in [0.1, 0.15) is 5.69 Å². The fraction of sp³-hybridized carbons (Fsp3) is 0.143. The molecule has 0 fully saturated rings. The largest absolute Gasteiger partial charge is 0.382 e. The Balaban J connectivity index is 1.97. The van der Waals surface area contributed by atoms with Crippen molar-refractivity contribution in [1.29, 1.82) is 0 Å². The average molecular weight is 178 g/mol. The van der Waals surface area contributed by atoms with Gasteiger partial charge in [0.25, 0.3) is 0 Å². The summed E-state index contributed by atoms with van der Waals surface area (Å²) in [5.41, 5.74) is 7.37. The van der Waals surface area contributed by atoms with E-state index < -0.39 is 0 Å². The highest BCUT2D eigenvalue weighted by atomic mass is 15.2. The van der Waals surface area contributed by atoms with Crippen LogP contribution in [-0.4, -0.2) is 20.4 Å². The molecule has 0 spiro atoms. The van der Waals surface area contributed by atoms with Gasteiger partial charge in [0.05, 0.1) is 24.1 Å². The zero-order valence-corrected chi connectivity index (χ0v) is 6.91. The van der Waals surface area contributed by atoms with Crippen LogP contribution in [0.4, 0.5) is 11.5 Å². The average Bonchev–Trinajstić information content (AvgIpc) is 2.72. The Kier molecular flexibility index (Phi) is 1.87. The smallest absolute Gasteiger partial charge is 0.142 e. The maximum atomic E-state index is 5.57. The summed E-state index contributed by atoms with van der Waals surface area (Å²) < 4.78 is 0. The van der Waals surface area contributed by atoms with E-state index in [-0.39, 0.29) is 0 Å². The van der Waals surface area contributed by atoms with Crippen LogP contribution in [0.15, 0.2) is 18.5 Å². The molecular weight excluding hydrogens is 168 g/mol. The lowest BCUT2D eigenvalue weighted by molar-refractivity contribution is 0.982. The lowest BCUT2D eigenvalue weighted by Gasteiger charge is -2.01. The minimum Gasteiger partial charge on any atom is -0.382 e.